The van der Waals surface area contributed by atoms with Crippen molar-refractivity contribution < 1.29 is 0 Å². The van der Waals surface area contributed by atoms with E-state index in [4.69, 9.17) is 0 Å². The Kier molecular flexibility index (Phi) is 13.8. The number of dihydropyridines is 1. The van der Waals surface area contributed by atoms with E-state index in [0.717, 1.165) is 24.4 Å². The largest absolute Gasteiger partial charge is 0.266 e. The third-order valence-electron chi connectivity index (χ3n) is 1.83. The molecule has 0 atom stereocenters. The zero-order chi connectivity index (χ0) is 13.7. The molecule has 1 aliphatic heterocycles. The first-order chi connectivity index (χ1) is 8.27. The van der Waals surface area contributed by atoms with Gasteiger partial charge in [0.15, 0.2) is 5.84 Å². The molecule has 0 fully saturated rings. The number of allylic oxidation sites excluding steroid dienone is 2. The number of nitrogens with zero attached hydrogens (tertiary/aromatic N) is 2. The van der Waals surface area contributed by atoms with Gasteiger partial charge in [0.1, 0.15) is 0 Å². The second-order valence-corrected chi connectivity index (χ2v) is 3.10. The fraction of sp³-hybridized carbons (Fsp3) is 0.600. The van der Waals surface area contributed by atoms with Crippen LogP contribution in [0.1, 0.15) is 54.9 Å². The monoisotopic (exact) mass is 236 g/mol. The van der Waals surface area contributed by atoms with Crippen molar-refractivity contribution in [2.24, 2.45) is 9.98 Å². The van der Waals surface area contributed by atoms with Crippen LogP contribution in [0, 0.1) is 0 Å². The topological polar surface area (TPSA) is 24.7 Å². The Morgan fingerprint density at radius 3 is 2.29 bits per heavy atom. The summed E-state index contributed by atoms with van der Waals surface area (Å²) in [7, 11) is 0. The smallest absolute Gasteiger partial charge is 0.154 e. The number of amidine groups is 1. The summed E-state index contributed by atoms with van der Waals surface area (Å²) in [4.78, 5) is 8.68. The van der Waals surface area contributed by atoms with Crippen LogP contribution in [-0.2, 0) is 0 Å². The number of hydrogen-bond acceptors (Lipinski definition) is 1. The molecule has 0 aromatic heterocycles. The summed E-state index contributed by atoms with van der Waals surface area (Å²) < 4.78 is 0. The first-order valence-electron chi connectivity index (χ1n) is 6.71. The summed E-state index contributed by atoms with van der Waals surface area (Å²) in [6.07, 6.45) is 7.09. The molecular weight excluding hydrogens is 208 g/mol. The van der Waals surface area contributed by atoms with Gasteiger partial charge in [0.25, 0.3) is 0 Å². The summed E-state index contributed by atoms with van der Waals surface area (Å²) in [5.74, 6) is 0.870. The quantitative estimate of drug-likeness (QED) is 0.656. The van der Waals surface area contributed by atoms with Crippen molar-refractivity contribution in [3.63, 3.8) is 0 Å². The van der Waals surface area contributed by atoms with Gasteiger partial charge in [-0.1, -0.05) is 40.7 Å². The van der Waals surface area contributed by atoms with Gasteiger partial charge in [0.05, 0.1) is 0 Å². The van der Waals surface area contributed by atoms with Crippen LogP contribution < -0.4 is 0 Å². The Bertz CT molecular complexity index is 294. The molecule has 0 aliphatic carbocycles. The minimum atomic E-state index is 0.858. The molecular formula is C15H28N2. The molecule has 2 heteroatoms. The molecule has 0 saturated heterocycles. The van der Waals surface area contributed by atoms with E-state index in [0.29, 0.717) is 0 Å². The SMILES string of the molecule is C/C=C1/C=C(C)C=NC1=NCCC.CC.CC. The van der Waals surface area contributed by atoms with Crippen LogP contribution in [0.25, 0.3) is 0 Å². The van der Waals surface area contributed by atoms with Gasteiger partial charge in [0, 0.05) is 18.3 Å². The van der Waals surface area contributed by atoms with Crippen molar-refractivity contribution in [3.05, 3.63) is 23.3 Å². The van der Waals surface area contributed by atoms with Gasteiger partial charge >= 0.3 is 0 Å². The van der Waals surface area contributed by atoms with Gasteiger partial charge in [-0.25, -0.2) is 4.99 Å². The van der Waals surface area contributed by atoms with Gasteiger partial charge in [-0.05, 0) is 31.9 Å². The lowest BCUT2D eigenvalue weighted by Crippen LogP contribution is -2.05. The first-order valence-corrected chi connectivity index (χ1v) is 6.71. The van der Waals surface area contributed by atoms with Gasteiger partial charge in [-0.15, -0.1) is 0 Å². The minimum Gasteiger partial charge on any atom is -0.266 e. The Balaban J connectivity index is 0. The fourth-order valence-corrected chi connectivity index (χ4v) is 1.15. The van der Waals surface area contributed by atoms with Crippen molar-refractivity contribution in [2.75, 3.05) is 6.54 Å². The Hall–Kier alpha value is -1.18. The maximum atomic E-state index is 4.39. The molecule has 1 rings (SSSR count). The Morgan fingerprint density at radius 1 is 1.24 bits per heavy atom. The predicted octanol–water partition coefficient (Wildman–Crippen LogP) is 4.82. The van der Waals surface area contributed by atoms with E-state index in [1.165, 1.54) is 5.57 Å². The number of rotatable bonds is 2. The molecule has 0 unspecified atom stereocenters. The van der Waals surface area contributed by atoms with E-state index >= 15 is 0 Å². The van der Waals surface area contributed by atoms with E-state index in [9.17, 15) is 0 Å². The molecule has 0 amide bonds. The third-order valence-corrected chi connectivity index (χ3v) is 1.83. The lowest BCUT2D eigenvalue weighted by Gasteiger charge is -2.07. The molecule has 98 valence electrons. The summed E-state index contributed by atoms with van der Waals surface area (Å²) in [5, 5.41) is 0. The zero-order valence-corrected chi connectivity index (χ0v) is 12.5. The van der Waals surface area contributed by atoms with Crippen molar-refractivity contribution in [1.82, 2.24) is 0 Å². The van der Waals surface area contributed by atoms with Crippen LogP contribution >= 0.6 is 0 Å². The lowest BCUT2D eigenvalue weighted by molar-refractivity contribution is 0.930. The van der Waals surface area contributed by atoms with E-state index in [-0.39, 0.29) is 0 Å². The molecule has 2 nitrogen and oxygen atoms in total. The van der Waals surface area contributed by atoms with E-state index < -0.39 is 0 Å². The minimum absolute atomic E-state index is 0.858. The van der Waals surface area contributed by atoms with Gasteiger partial charge in [0.2, 0.25) is 0 Å². The maximum Gasteiger partial charge on any atom is 0.154 e. The molecule has 1 heterocycles. The first kappa shape index (κ1) is 18.2. The molecule has 0 bridgehead atoms. The Morgan fingerprint density at radius 2 is 1.82 bits per heavy atom. The van der Waals surface area contributed by atoms with Crippen LogP contribution in [-0.4, -0.2) is 18.6 Å². The second kappa shape index (κ2) is 12.9. The summed E-state index contributed by atoms with van der Waals surface area (Å²) in [6.45, 7) is 15.0. The molecule has 0 radical (unpaired) electrons. The van der Waals surface area contributed by atoms with Crippen LogP contribution in [0.5, 0.6) is 0 Å². The van der Waals surface area contributed by atoms with Crippen molar-refractivity contribution in [2.45, 2.75) is 54.9 Å². The summed E-state index contributed by atoms with van der Waals surface area (Å²) in [5.41, 5.74) is 2.32. The summed E-state index contributed by atoms with van der Waals surface area (Å²) in [6, 6.07) is 0. The lowest BCUT2D eigenvalue weighted by atomic mass is 10.1. The van der Waals surface area contributed by atoms with Gasteiger partial charge in [-0.2, -0.15) is 0 Å². The molecule has 0 N–H and O–H groups in total. The van der Waals surface area contributed by atoms with Crippen molar-refractivity contribution >= 4 is 12.1 Å². The molecule has 1 aliphatic rings. The summed E-state index contributed by atoms with van der Waals surface area (Å²) >= 11 is 0. The molecule has 17 heavy (non-hydrogen) atoms. The van der Waals surface area contributed by atoms with Crippen LogP contribution in [0.15, 0.2) is 33.3 Å². The van der Waals surface area contributed by atoms with E-state index in [1.54, 1.807) is 0 Å². The highest BCUT2D eigenvalue weighted by atomic mass is 14.9. The Labute approximate surface area is 107 Å². The zero-order valence-electron chi connectivity index (χ0n) is 12.5. The molecule has 0 aromatic rings. The highest BCUT2D eigenvalue weighted by molar-refractivity contribution is 6.10. The highest BCUT2D eigenvalue weighted by Crippen LogP contribution is 2.10. The average Bonchev–Trinajstić information content (AvgIpc) is 2.41. The molecule has 0 saturated carbocycles. The highest BCUT2D eigenvalue weighted by Gasteiger charge is 2.05. The van der Waals surface area contributed by atoms with Crippen molar-refractivity contribution in [1.29, 1.82) is 0 Å². The normalized spacial score (nSPS) is 17.9. The predicted molar refractivity (Wildman–Crippen MR) is 81.3 cm³/mol. The van der Waals surface area contributed by atoms with E-state index in [1.807, 2.05) is 47.8 Å². The van der Waals surface area contributed by atoms with Gasteiger partial charge in [-0.3, -0.25) is 4.99 Å². The van der Waals surface area contributed by atoms with Crippen LogP contribution in [0.3, 0.4) is 0 Å². The molecule has 0 spiro atoms. The third kappa shape index (κ3) is 7.67. The maximum absolute atomic E-state index is 4.39. The molecule has 0 aromatic carbocycles. The van der Waals surface area contributed by atoms with Gasteiger partial charge < -0.3 is 0 Å². The number of hydrogen-bond donors (Lipinski definition) is 0. The van der Waals surface area contributed by atoms with E-state index in [2.05, 4.69) is 29.1 Å². The number of aliphatic imine (C=N–C) groups is 2. The van der Waals surface area contributed by atoms with Crippen molar-refractivity contribution in [3.8, 4) is 0 Å². The van der Waals surface area contributed by atoms with Crippen LogP contribution in [0.2, 0.25) is 0 Å². The fourth-order valence-electron chi connectivity index (χ4n) is 1.15. The standard InChI is InChI=1S/C11H16N2.2C2H6/c1-4-6-12-11-10(5-2)7-9(3)8-13-11;2*1-2/h5,7-8H,4,6H2,1-3H3;2*1-2H3/b10-5-,12-11?;;. The average molecular weight is 236 g/mol. The second-order valence-electron chi connectivity index (χ2n) is 3.10. The van der Waals surface area contributed by atoms with Crippen LogP contribution in [0.4, 0.5) is 0 Å².